The fourth-order valence-electron chi connectivity index (χ4n) is 4.97. The van der Waals surface area contributed by atoms with Gasteiger partial charge in [0.2, 0.25) is 0 Å². The van der Waals surface area contributed by atoms with E-state index in [4.69, 9.17) is 9.47 Å². The molecule has 0 saturated heterocycles. The minimum atomic E-state index is 0.660. The quantitative estimate of drug-likeness (QED) is 0.0659. The summed E-state index contributed by atoms with van der Waals surface area (Å²) in [5.74, 6) is 1.64. The second-order valence-corrected chi connectivity index (χ2v) is 11.4. The molecule has 0 unspecified atom stereocenters. The first-order chi connectivity index (χ1) is 21.7. The van der Waals surface area contributed by atoms with Gasteiger partial charge < -0.3 is 9.47 Å². The second-order valence-electron chi connectivity index (χ2n) is 11.4. The van der Waals surface area contributed by atoms with Crippen LogP contribution in [0.5, 0.6) is 11.5 Å². The lowest BCUT2D eigenvalue weighted by molar-refractivity contribution is 0.111. The molecule has 0 spiro atoms. The third-order valence-corrected chi connectivity index (χ3v) is 7.71. The summed E-state index contributed by atoms with van der Waals surface area (Å²) in [6, 6.07) is 19.2. The van der Waals surface area contributed by atoms with Gasteiger partial charge in [0.15, 0.2) is 0 Å². The normalized spacial score (nSPS) is 11.3. The van der Waals surface area contributed by atoms with Crippen molar-refractivity contribution in [2.45, 2.75) is 90.9 Å². The van der Waals surface area contributed by atoms with Gasteiger partial charge in [-0.05, 0) is 36.1 Å². The van der Waals surface area contributed by atoms with E-state index in [9.17, 15) is 9.59 Å². The van der Waals surface area contributed by atoms with Crippen molar-refractivity contribution in [1.29, 1.82) is 0 Å². The van der Waals surface area contributed by atoms with Gasteiger partial charge in [-0.1, -0.05) is 151 Å². The van der Waals surface area contributed by atoms with Gasteiger partial charge in [0.25, 0.3) is 0 Å². The number of hydrogen-bond acceptors (Lipinski definition) is 4. The molecule has 0 aliphatic heterocycles. The van der Waals surface area contributed by atoms with Crippen LogP contribution in [0.25, 0.3) is 24.3 Å². The van der Waals surface area contributed by atoms with Crippen molar-refractivity contribution in [3.63, 3.8) is 0 Å². The number of carbonyl (C=O) groups excluding carboxylic acids is 2. The summed E-state index contributed by atoms with van der Waals surface area (Å²) < 4.78 is 12.8. The predicted octanol–water partition coefficient (Wildman–Crippen LogP) is 11.1. The van der Waals surface area contributed by atoms with E-state index >= 15 is 0 Å². The van der Waals surface area contributed by atoms with Crippen LogP contribution < -0.4 is 9.47 Å². The molecule has 0 aromatic heterocycles. The first-order valence-electron chi connectivity index (χ1n) is 16.6. The Morgan fingerprint density at radius 2 is 0.795 bits per heavy atom. The Hall–Kier alpha value is -3.92. The summed E-state index contributed by atoms with van der Waals surface area (Å²) in [5, 5.41) is 0. The summed E-state index contributed by atoms with van der Waals surface area (Å²) in [6.07, 6.45) is 24.4. The summed E-state index contributed by atoms with van der Waals surface area (Å²) in [4.78, 5) is 22.2. The average Bonchev–Trinajstić information content (AvgIpc) is 3.06. The number of benzene rings is 3. The Morgan fingerprint density at radius 3 is 1.16 bits per heavy atom. The van der Waals surface area contributed by atoms with Crippen LogP contribution in [-0.2, 0) is 0 Å². The Morgan fingerprint density at radius 1 is 0.455 bits per heavy atom. The highest BCUT2D eigenvalue weighted by Gasteiger charge is 2.11. The van der Waals surface area contributed by atoms with Crippen LogP contribution >= 0.6 is 0 Å². The van der Waals surface area contributed by atoms with Crippen LogP contribution in [0.3, 0.4) is 0 Å². The SMILES string of the molecule is CCCCCCCCOc1cc(/C=C/c2ccc(C=O)cc2)c(OCCCCCCCC)cc1/C=C/c1ccc(C=O)cc1. The molecule has 4 nitrogen and oxygen atoms in total. The number of unbranched alkanes of at least 4 members (excludes halogenated alkanes) is 10. The van der Waals surface area contributed by atoms with E-state index < -0.39 is 0 Å². The zero-order chi connectivity index (χ0) is 31.2. The summed E-state index contributed by atoms with van der Waals surface area (Å²) in [5.41, 5.74) is 5.26. The Bertz CT molecular complexity index is 1200. The minimum Gasteiger partial charge on any atom is -0.493 e. The molecule has 0 aliphatic carbocycles. The van der Waals surface area contributed by atoms with E-state index in [0.29, 0.717) is 24.3 Å². The lowest BCUT2D eigenvalue weighted by atomic mass is 10.0. The van der Waals surface area contributed by atoms with Crippen molar-refractivity contribution in [2.24, 2.45) is 0 Å². The van der Waals surface area contributed by atoms with Gasteiger partial charge in [0.1, 0.15) is 24.1 Å². The van der Waals surface area contributed by atoms with Crippen molar-refractivity contribution in [1.82, 2.24) is 0 Å². The van der Waals surface area contributed by atoms with Gasteiger partial charge in [-0.25, -0.2) is 0 Å². The third-order valence-electron chi connectivity index (χ3n) is 7.71. The Balaban J connectivity index is 1.86. The van der Waals surface area contributed by atoms with E-state index in [1.54, 1.807) is 0 Å². The van der Waals surface area contributed by atoms with E-state index in [0.717, 1.165) is 72.0 Å². The average molecular weight is 595 g/mol. The van der Waals surface area contributed by atoms with Crippen molar-refractivity contribution >= 4 is 36.9 Å². The molecule has 0 saturated carbocycles. The molecule has 44 heavy (non-hydrogen) atoms. The molecule has 0 radical (unpaired) electrons. The second kappa shape index (κ2) is 20.9. The number of carbonyl (C=O) groups is 2. The summed E-state index contributed by atoms with van der Waals surface area (Å²) in [7, 11) is 0. The van der Waals surface area contributed by atoms with Crippen molar-refractivity contribution in [2.75, 3.05) is 13.2 Å². The van der Waals surface area contributed by atoms with Gasteiger partial charge in [-0.15, -0.1) is 0 Å². The van der Waals surface area contributed by atoms with Crippen LogP contribution in [0.15, 0.2) is 60.7 Å². The highest BCUT2D eigenvalue weighted by atomic mass is 16.5. The van der Waals surface area contributed by atoms with Crippen LogP contribution in [0, 0.1) is 0 Å². The van der Waals surface area contributed by atoms with E-state index in [2.05, 4.69) is 38.1 Å². The van der Waals surface area contributed by atoms with E-state index in [1.807, 2.05) is 60.7 Å². The zero-order valence-electron chi connectivity index (χ0n) is 26.8. The standard InChI is InChI=1S/C40H50O4/c1-3-5-7-9-11-13-27-43-39-29-38(26-24-34-17-21-36(32-42)22-18-34)40(44-28-14-12-10-8-6-4-2)30-37(39)25-23-33-15-19-35(31-41)20-16-33/h15-26,29-32H,3-14,27-28H2,1-2H3/b25-23+,26-24+. The number of aldehydes is 2. The number of ether oxygens (including phenoxy) is 2. The molecule has 3 rings (SSSR count). The molecule has 0 N–H and O–H groups in total. The first-order valence-corrected chi connectivity index (χ1v) is 16.6. The van der Waals surface area contributed by atoms with Crippen molar-refractivity contribution < 1.29 is 19.1 Å². The molecular formula is C40H50O4. The Labute approximate surface area is 265 Å². The molecule has 234 valence electrons. The molecule has 4 heteroatoms. The smallest absolute Gasteiger partial charge is 0.150 e. The molecule has 0 aliphatic rings. The highest BCUT2D eigenvalue weighted by Crippen LogP contribution is 2.33. The van der Waals surface area contributed by atoms with E-state index in [1.165, 1.54) is 51.4 Å². The maximum atomic E-state index is 11.1. The monoisotopic (exact) mass is 594 g/mol. The van der Waals surface area contributed by atoms with Crippen molar-refractivity contribution in [3.8, 4) is 11.5 Å². The van der Waals surface area contributed by atoms with Crippen molar-refractivity contribution in [3.05, 3.63) is 94.0 Å². The highest BCUT2D eigenvalue weighted by molar-refractivity contribution is 5.81. The first kappa shape index (κ1) is 34.6. The van der Waals surface area contributed by atoms with Gasteiger partial charge >= 0.3 is 0 Å². The molecule has 3 aromatic carbocycles. The van der Waals surface area contributed by atoms with Crippen LogP contribution in [-0.4, -0.2) is 25.8 Å². The van der Waals surface area contributed by atoms with Gasteiger partial charge in [0, 0.05) is 22.3 Å². The van der Waals surface area contributed by atoms with Gasteiger partial charge in [0.05, 0.1) is 13.2 Å². The number of rotatable bonds is 22. The topological polar surface area (TPSA) is 52.6 Å². The van der Waals surface area contributed by atoms with Crippen LogP contribution in [0.2, 0.25) is 0 Å². The minimum absolute atomic E-state index is 0.660. The maximum Gasteiger partial charge on any atom is 0.150 e. The largest absolute Gasteiger partial charge is 0.493 e. The molecule has 3 aromatic rings. The fourth-order valence-corrected chi connectivity index (χ4v) is 4.97. The number of hydrogen-bond donors (Lipinski definition) is 0. The fraction of sp³-hybridized carbons (Fsp3) is 0.400. The molecular weight excluding hydrogens is 544 g/mol. The zero-order valence-corrected chi connectivity index (χ0v) is 26.8. The van der Waals surface area contributed by atoms with Crippen LogP contribution in [0.1, 0.15) is 134 Å². The van der Waals surface area contributed by atoms with E-state index in [-0.39, 0.29) is 0 Å². The lowest BCUT2D eigenvalue weighted by Crippen LogP contribution is -2.03. The Kier molecular flexibility index (Phi) is 16.4. The molecule has 0 bridgehead atoms. The molecule has 0 heterocycles. The maximum absolute atomic E-state index is 11.1. The lowest BCUT2D eigenvalue weighted by Gasteiger charge is -2.15. The predicted molar refractivity (Wildman–Crippen MR) is 186 cm³/mol. The van der Waals surface area contributed by atoms with Gasteiger partial charge in [-0.3, -0.25) is 9.59 Å². The van der Waals surface area contributed by atoms with Crippen LogP contribution in [0.4, 0.5) is 0 Å². The third kappa shape index (κ3) is 12.8. The molecule has 0 amide bonds. The summed E-state index contributed by atoms with van der Waals surface area (Å²) >= 11 is 0. The van der Waals surface area contributed by atoms with Gasteiger partial charge in [-0.2, -0.15) is 0 Å². The molecule has 0 atom stereocenters. The molecule has 0 fully saturated rings. The summed E-state index contributed by atoms with van der Waals surface area (Å²) in [6.45, 7) is 5.80.